The number of ether oxygens (including phenoxy) is 1. The predicted molar refractivity (Wildman–Crippen MR) is 98.8 cm³/mol. The van der Waals surface area contributed by atoms with Crippen LogP contribution < -0.4 is 10.6 Å². The lowest BCUT2D eigenvalue weighted by Gasteiger charge is -2.17. The Morgan fingerprint density at radius 3 is 2.71 bits per heavy atom. The van der Waals surface area contributed by atoms with Gasteiger partial charge in [0, 0.05) is 24.2 Å². The van der Waals surface area contributed by atoms with Crippen LogP contribution >= 0.6 is 39.9 Å². The minimum Gasteiger partial charge on any atom is -0.383 e. The van der Waals surface area contributed by atoms with Gasteiger partial charge in [-0.05, 0) is 37.6 Å². The van der Waals surface area contributed by atoms with Gasteiger partial charge in [-0.15, -0.1) is 24.0 Å². The molecular formula is C14H22BrFIN3O. The summed E-state index contributed by atoms with van der Waals surface area (Å²) in [6.45, 7) is 5.77. The highest BCUT2D eigenvalue weighted by Gasteiger charge is 2.05. The molecule has 120 valence electrons. The van der Waals surface area contributed by atoms with Crippen LogP contribution in [0.3, 0.4) is 0 Å². The fourth-order valence-electron chi connectivity index (χ4n) is 1.72. The highest BCUT2D eigenvalue weighted by Crippen LogP contribution is 2.15. The Hall–Kier alpha value is -0.410. The van der Waals surface area contributed by atoms with Crippen molar-refractivity contribution in [3.63, 3.8) is 0 Å². The number of hydrogen-bond donors (Lipinski definition) is 2. The Morgan fingerprint density at radius 2 is 2.14 bits per heavy atom. The van der Waals surface area contributed by atoms with Crippen molar-refractivity contribution in [2.75, 3.05) is 20.3 Å². The number of methoxy groups -OCH3 is 1. The van der Waals surface area contributed by atoms with Crippen molar-refractivity contribution in [3.05, 3.63) is 34.1 Å². The lowest BCUT2D eigenvalue weighted by atomic mass is 10.2. The molecule has 0 bridgehead atoms. The Balaban J connectivity index is 0.00000400. The second kappa shape index (κ2) is 11.2. The molecule has 1 atom stereocenters. The summed E-state index contributed by atoms with van der Waals surface area (Å²) in [6.07, 6.45) is 0. The van der Waals surface area contributed by atoms with Crippen LogP contribution in [0.4, 0.5) is 4.39 Å². The smallest absolute Gasteiger partial charge is 0.191 e. The molecule has 0 aliphatic rings. The molecule has 0 spiro atoms. The van der Waals surface area contributed by atoms with Gasteiger partial charge in [0.15, 0.2) is 5.96 Å². The normalized spacial score (nSPS) is 12.5. The zero-order valence-corrected chi connectivity index (χ0v) is 16.4. The third-order valence-corrected chi connectivity index (χ3v) is 2.94. The Kier molecular flexibility index (Phi) is 11.0. The zero-order valence-electron chi connectivity index (χ0n) is 12.5. The molecule has 1 rings (SSSR count). The monoisotopic (exact) mass is 473 g/mol. The van der Waals surface area contributed by atoms with Gasteiger partial charge in [0.2, 0.25) is 0 Å². The summed E-state index contributed by atoms with van der Waals surface area (Å²) in [6, 6.07) is 4.92. The lowest BCUT2D eigenvalue weighted by molar-refractivity contribution is 0.179. The molecule has 21 heavy (non-hydrogen) atoms. The number of rotatable bonds is 6. The number of guanidine groups is 1. The van der Waals surface area contributed by atoms with Gasteiger partial charge in [0.1, 0.15) is 5.82 Å². The Labute approximate surface area is 151 Å². The number of benzene rings is 1. The van der Waals surface area contributed by atoms with Gasteiger partial charge in [0.05, 0.1) is 13.2 Å². The highest BCUT2D eigenvalue weighted by molar-refractivity contribution is 14.0. The van der Waals surface area contributed by atoms with Crippen LogP contribution in [-0.2, 0) is 11.3 Å². The molecule has 1 aromatic carbocycles. The summed E-state index contributed by atoms with van der Waals surface area (Å²) in [5, 5.41) is 6.38. The average Bonchev–Trinajstić information content (AvgIpc) is 2.35. The third-order valence-electron chi connectivity index (χ3n) is 2.49. The van der Waals surface area contributed by atoms with Crippen LogP contribution in [-0.4, -0.2) is 32.3 Å². The van der Waals surface area contributed by atoms with Gasteiger partial charge in [0.25, 0.3) is 0 Å². The molecule has 0 amide bonds. The van der Waals surface area contributed by atoms with Gasteiger partial charge < -0.3 is 15.4 Å². The standard InChI is InChI=1S/C14H21BrFN3O.HI/c1-4-17-14(19-10(2)9-20-3)18-8-11-5-12(15)7-13(16)6-11;/h5-7,10H,4,8-9H2,1-3H3,(H2,17,18,19);1H. The Morgan fingerprint density at radius 1 is 1.43 bits per heavy atom. The van der Waals surface area contributed by atoms with Gasteiger partial charge >= 0.3 is 0 Å². The maximum absolute atomic E-state index is 13.3. The molecule has 0 aliphatic heterocycles. The van der Waals surface area contributed by atoms with E-state index in [1.807, 2.05) is 19.9 Å². The topological polar surface area (TPSA) is 45.7 Å². The van der Waals surface area contributed by atoms with E-state index in [0.29, 0.717) is 23.6 Å². The van der Waals surface area contributed by atoms with Crippen molar-refractivity contribution in [1.82, 2.24) is 10.6 Å². The van der Waals surface area contributed by atoms with Crippen LogP contribution in [0.5, 0.6) is 0 Å². The molecule has 0 aromatic heterocycles. The van der Waals surface area contributed by atoms with Gasteiger partial charge in [-0.25, -0.2) is 9.38 Å². The molecule has 0 saturated carbocycles. The lowest BCUT2D eigenvalue weighted by Crippen LogP contribution is -2.43. The molecule has 0 heterocycles. The van der Waals surface area contributed by atoms with E-state index in [-0.39, 0.29) is 35.8 Å². The molecule has 4 nitrogen and oxygen atoms in total. The zero-order chi connectivity index (χ0) is 15.0. The van der Waals surface area contributed by atoms with Gasteiger partial charge in [-0.2, -0.15) is 0 Å². The van der Waals surface area contributed by atoms with Gasteiger partial charge in [-0.1, -0.05) is 15.9 Å². The maximum atomic E-state index is 13.3. The molecule has 2 N–H and O–H groups in total. The largest absolute Gasteiger partial charge is 0.383 e. The van der Waals surface area contributed by atoms with Crippen molar-refractivity contribution in [2.45, 2.75) is 26.4 Å². The van der Waals surface area contributed by atoms with Crippen molar-refractivity contribution < 1.29 is 9.13 Å². The van der Waals surface area contributed by atoms with E-state index >= 15 is 0 Å². The molecule has 1 aromatic rings. The maximum Gasteiger partial charge on any atom is 0.191 e. The first-order valence-electron chi connectivity index (χ1n) is 6.54. The van der Waals surface area contributed by atoms with Crippen LogP contribution in [0.25, 0.3) is 0 Å². The first-order valence-corrected chi connectivity index (χ1v) is 7.33. The van der Waals surface area contributed by atoms with Gasteiger partial charge in [-0.3, -0.25) is 0 Å². The van der Waals surface area contributed by atoms with E-state index in [9.17, 15) is 4.39 Å². The molecule has 0 fully saturated rings. The summed E-state index contributed by atoms with van der Waals surface area (Å²) < 4.78 is 19.1. The molecular weight excluding hydrogens is 452 g/mol. The van der Waals surface area contributed by atoms with Crippen molar-refractivity contribution in [2.24, 2.45) is 4.99 Å². The number of halogens is 3. The number of nitrogens with zero attached hydrogens (tertiary/aromatic N) is 1. The highest BCUT2D eigenvalue weighted by atomic mass is 127. The van der Waals surface area contributed by atoms with E-state index in [2.05, 4.69) is 31.6 Å². The summed E-state index contributed by atoms with van der Waals surface area (Å²) >= 11 is 3.28. The predicted octanol–water partition coefficient (Wildman–Crippen LogP) is 3.30. The first-order chi connectivity index (χ1) is 9.55. The quantitative estimate of drug-likeness (QED) is 0.378. The van der Waals surface area contributed by atoms with Crippen LogP contribution in [0.1, 0.15) is 19.4 Å². The van der Waals surface area contributed by atoms with E-state index in [4.69, 9.17) is 4.74 Å². The summed E-state index contributed by atoms with van der Waals surface area (Å²) in [5.41, 5.74) is 0.813. The van der Waals surface area contributed by atoms with Crippen LogP contribution in [0.2, 0.25) is 0 Å². The molecule has 0 saturated heterocycles. The number of aliphatic imine (C=N–C) groups is 1. The minimum absolute atomic E-state index is 0. The van der Waals surface area contributed by atoms with Crippen LogP contribution in [0, 0.1) is 5.82 Å². The number of nitrogens with one attached hydrogen (secondary N) is 2. The fraction of sp³-hybridized carbons (Fsp3) is 0.500. The SMILES string of the molecule is CCNC(=NCc1cc(F)cc(Br)c1)NC(C)COC.I. The summed E-state index contributed by atoms with van der Waals surface area (Å²) in [7, 11) is 1.66. The van der Waals surface area contributed by atoms with Crippen LogP contribution in [0.15, 0.2) is 27.7 Å². The molecule has 0 radical (unpaired) electrons. The third kappa shape index (κ3) is 8.57. The second-order valence-electron chi connectivity index (χ2n) is 4.47. The van der Waals surface area contributed by atoms with Crippen molar-refractivity contribution in [3.8, 4) is 0 Å². The molecule has 0 aliphatic carbocycles. The average molecular weight is 474 g/mol. The fourth-order valence-corrected chi connectivity index (χ4v) is 2.23. The van der Waals surface area contributed by atoms with E-state index in [0.717, 1.165) is 12.1 Å². The number of hydrogen-bond acceptors (Lipinski definition) is 2. The minimum atomic E-state index is -0.268. The summed E-state index contributed by atoms with van der Waals surface area (Å²) in [4.78, 5) is 4.44. The summed E-state index contributed by atoms with van der Waals surface area (Å²) in [5.74, 6) is 0.424. The first kappa shape index (κ1) is 20.6. The van der Waals surface area contributed by atoms with E-state index < -0.39 is 0 Å². The van der Waals surface area contributed by atoms with Crippen molar-refractivity contribution >= 4 is 45.9 Å². The van der Waals surface area contributed by atoms with E-state index in [1.165, 1.54) is 12.1 Å². The van der Waals surface area contributed by atoms with E-state index in [1.54, 1.807) is 7.11 Å². The molecule has 7 heteroatoms. The van der Waals surface area contributed by atoms with Crippen molar-refractivity contribution in [1.29, 1.82) is 0 Å². The Bertz CT molecular complexity index is 440. The second-order valence-corrected chi connectivity index (χ2v) is 5.39. The molecule has 1 unspecified atom stereocenters.